The predicted molar refractivity (Wildman–Crippen MR) is 82.4 cm³/mol. The Hall–Kier alpha value is -2.70. The second-order valence-corrected chi connectivity index (χ2v) is 5.05. The minimum atomic E-state index is -0.661. The minimum Gasteiger partial charge on any atom is -0.364 e. The maximum Gasteiger partial charge on any atom is 0.271 e. The summed E-state index contributed by atoms with van der Waals surface area (Å²) in [4.78, 5) is 23.5. The lowest BCUT2D eigenvalue weighted by Gasteiger charge is -2.14. The van der Waals surface area contributed by atoms with Crippen LogP contribution in [0.3, 0.4) is 0 Å². The first-order valence-corrected chi connectivity index (χ1v) is 7.05. The van der Waals surface area contributed by atoms with Gasteiger partial charge in [-0.15, -0.1) is 5.10 Å². The van der Waals surface area contributed by atoms with Crippen molar-refractivity contribution in [1.29, 1.82) is 0 Å². The van der Waals surface area contributed by atoms with E-state index >= 15 is 0 Å². The highest BCUT2D eigenvalue weighted by Gasteiger charge is 2.22. The molecular formula is C15H19N5O2. The van der Waals surface area contributed by atoms with E-state index < -0.39 is 11.9 Å². The van der Waals surface area contributed by atoms with Gasteiger partial charge in [-0.3, -0.25) is 9.59 Å². The van der Waals surface area contributed by atoms with Crippen LogP contribution < -0.4 is 11.1 Å². The van der Waals surface area contributed by atoms with Gasteiger partial charge in [0.25, 0.3) is 5.91 Å². The number of hydrogen-bond acceptors (Lipinski definition) is 4. The Morgan fingerprint density at radius 1 is 1.32 bits per heavy atom. The van der Waals surface area contributed by atoms with Crippen LogP contribution in [-0.2, 0) is 11.2 Å². The first-order valence-electron chi connectivity index (χ1n) is 7.05. The van der Waals surface area contributed by atoms with E-state index in [1.807, 2.05) is 24.3 Å². The zero-order valence-electron chi connectivity index (χ0n) is 12.8. The lowest BCUT2D eigenvalue weighted by atomic mass is 10.1. The molecular weight excluding hydrogens is 282 g/mol. The summed E-state index contributed by atoms with van der Waals surface area (Å²) in [6.07, 6.45) is 0.943. The topological polar surface area (TPSA) is 103 Å². The number of benzene rings is 1. The van der Waals surface area contributed by atoms with Crippen molar-refractivity contribution in [3.05, 3.63) is 41.2 Å². The van der Waals surface area contributed by atoms with Gasteiger partial charge in [0, 0.05) is 5.69 Å². The molecule has 0 fully saturated rings. The summed E-state index contributed by atoms with van der Waals surface area (Å²) in [5, 5.41) is 10.4. The quantitative estimate of drug-likeness (QED) is 0.872. The van der Waals surface area contributed by atoms with Gasteiger partial charge in [0.1, 0.15) is 6.04 Å². The number of nitrogens with two attached hydrogens (primary N) is 1. The molecule has 22 heavy (non-hydrogen) atoms. The van der Waals surface area contributed by atoms with Gasteiger partial charge >= 0.3 is 0 Å². The Morgan fingerprint density at radius 3 is 2.45 bits per heavy atom. The summed E-state index contributed by atoms with van der Waals surface area (Å²) in [5.41, 5.74) is 7.65. The third-order valence-electron chi connectivity index (χ3n) is 3.54. The van der Waals surface area contributed by atoms with Gasteiger partial charge in [0.2, 0.25) is 5.91 Å². The van der Waals surface area contributed by atoms with E-state index in [4.69, 9.17) is 5.73 Å². The summed E-state index contributed by atoms with van der Waals surface area (Å²) in [6, 6.07) is 7.03. The molecule has 1 aromatic carbocycles. The molecule has 0 spiro atoms. The molecule has 0 aliphatic carbocycles. The third kappa shape index (κ3) is 3.13. The molecule has 116 valence electrons. The van der Waals surface area contributed by atoms with Crippen LogP contribution in [0.1, 0.15) is 41.6 Å². The Labute approximate surface area is 128 Å². The van der Waals surface area contributed by atoms with E-state index in [2.05, 4.69) is 22.6 Å². The molecule has 1 aromatic heterocycles. The van der Waals surface area contributed by atoms with Crippen LogP contribution in [0.2, 0.25) is 0 Å². The molecule has 0 aliphatic heterocycles. The maximum atomic E-state index is 12.3. The third-order valence-corrected chi connectivity index (χ3v) is 3.54. The van der Waals surface area contributed by atoms with E-state index in [9.17, 15) is 9.59 Å². The summed E-state index contributed by atoms with van der Waals surface area (Å²) >= 11 is 0. The van der Waals surface area contributed by atoms with Crippen molar-refractivity contribution in [2.45, 2.75) is 33.2 Å². The van der Waals surface area contributed by atoms with Crippen LogP contribution in [0.15, 0.2) is 24.3 Å². The van der Waals surface area contributed by atoms with E-state index in [1.165, 1.54) is 10.2 Å². The van der Waals surface area contributed by atoms with Crippen molar-refractivity contribution in [1.82, 2.24) is 15.0 Å². The SMILES string of the molecule is CCc1ccc(NC(=O)C(C)n2nnc(C(N)=O)c2C)cc1. The molecule has 0 radical (unpaired) electrons. The number of primary amides is 1. The largest absolute Gasteiger partial charge is 0.364 e. The average Bonchev–Trinajstić information content (AvgIpc) is 2.89. The fraction of sp³-hybridized carbons (Fsp3) is 0.333. The lowest BCUT2D eigenvalue weighted by Crippen LogP contribution is -2.25. The number of nitrogens with one attached hydrogen (secondary N) is 1. The zero-order valence-corrected chi connectivity index (χ0v) is 12.8. The first kappa shape index (κ1) is 15.7. The molecule has 1 unspecified atom stereocenters. The Bertz CT molecular complexity index is 690. The molecule has 0 bridgehead atoms. The fourth-order valence-corrected chi connectivity index (χ4v) is 2.12. The highest BCUT2D eigenvalue weighted by atomic mass is 16.2. The van der Waals surface area contributed by atoms with Crippen molar-refractivity contribution < 1.29 is 9.59 Å². The van der Waals surface area contributed by atoms with Crippen molar-refractivity contribution in [3.8, 4) is 0 Å². The Balaban J connectivity index is 2.13. The van der Waals surface area contributed by atoms with Crippen molar-refractivity contribution in [3.63, 3.8) is 0 Å². The first-order chi connectivity index (χ1) is 10.4. The molecule has 2 rings (SSSR count). The van der Waals surface area contributed by atoms with E-state index in [1.54, 1.807) is 13.8 Å². The second kappa shape index (κ2) is 6.38. The predicted octanol–water partition coefficient (Wildman–Crippen LogP) is 1.45. The molecule has 0 saturated carbocycles. The molecule has 0 saturated heterocycles. The summed E-state index contributed by atoms with van der Waals surface area (Å²) < 4.78 is 1.38. The molecule has 3 N–H and O–H groups in total. The van der Waals surface area contributed by atoms with Gasteiger partial charge in [0.15, 0.2) is 5.69 Å². The molecule has 1 heterocycles. The normalized spacial score (nSPS) is 12.0. The van der Waals surface area contributed by atoms with Crippen LogP contribution in [0, 0.1) is 6.92 Å². The number of amides is 2. The highest BCUT2D eigenvalue weighted by Crippen LogP contribution is 2.15. The van der Waals surface area contributed by atoms with Crippen LogP contribution in [-0.4, -0.2) is 26.8 Å². The van der Waals surface area contributed by atoms with Gasteiger partial charge < -0.3 is 11.1 Å². The molecule has 2 amide bonds. The van der Waals surface area contributed by atoms with E-state index in [0.717, 1.165) is 6.42 Å². The lowest BCUT2D eigenvalue weighted by molar-refractivity contribution is -0.119. The number of carbonyl (C=O) groups excluding carboxylic acids is 2. The molecule has 2 aromatic rings. The number of nitrogens with zero attached hydrogens (tertiary/aromatic N) is 3. The Kier molecular flexibility index (Phi) is 4.55. The van der Waals surface area contributed by atoms with Gasteiger partial charge in [0.05, 0.1) is 5.69 Å². The van der Waals surface area contributed by atoms with Crippen LogP contribution >= 0.6 is 0 Å². The molecule has 1 atom stereocenters. The standard InChI is InChI=1S/C15H19N5O2/c1-4-11-5-7-12(8-6-11)17-15(22)10(3)20-9(2)13(14(16)21)18-19-20/h5-8,10H,4H2,1-3H3,(H2,16,21)(H,17,22). The zero-order chi connectivity index (χ0) is 16.3. The van der Waals surface area contributed by atoms with Crippen molar-refractivity contribution in [2.75, 3.05) is 5.32 Å². The van der Waals surface area contributed by atoms with Crippen molar-refractivity contribution in [2.24, 2.45) is 5.73 Å². The highest BCUT2D eigenvalue weighted by molar-refractivity contribution is 5.94. The van der Waals surface area contributed by atoms with Crippen LogP contribution in [0.25, 0.3) is 0 Å². The van der Waals surface area contributed by atoms with Gasteiger partial charge in [-0.25, -0.2) is 4.68 Å². The van der Waals surface area contributed by atoms with Crippen LogP contribution in [0.5, 0.6) is 0 Å². The monoisotopic (exact) mass is 301 g/mol. The maximum absolute atomic E-state index is 12.3. The summed E-state index contributed by atoms with van der Waals surface area (Å²) in [7, 11) is 0. The van der Waals surface area contributed by atoms with E-state index in [-0.39, 0.29) is 11.6 Å². The van der Waals surface area contributed by atoms with Gasteiger partial charge in [-0.2, -0.15) is 0 Å². The molecule has 0 aliphatic rings. The van der Waals surface area contributed by atoms with Crippen LogP contribution in [0.4, 0.5) is 5.69 Å². The summed E-state index contributed by atoms with van der Waals surface area (Å²) in [5.74, 6) is -0.903. The Morgan fingerprint density at radius 2 is 1.95 bits per heavy atom. The second-order valence-electron chi connectivity index (χ2n) is 5.05. The number of aryl methyl sites for hydroxylation is 1. The smallest absolute Gasteiger partial charge is 0.271 e. The van der Waals surface area contributed by atoms with Gasteiger partial charge in [-0.05, 0) is 38.0 Å². The molecule has 7 heteroatoms. The number of hydrogen-bond donors (Lipinski definition) is 2. The average molecular weight is 301 g/mol. The number of carbonyl (C=O) groups is 2. The van der Waals surface area contributed by atoms with E-state index in [0.29, 0.717) is 11.4 Å². The summed E-state index contributed by atoms with van der Waals surface area (Å²) in [6.45, 7) is 5.40. The number of rotatable bonds is 5. The number of anilines is 1. The fourth-order valence-electron chi connectivity index (χ4n) is 2.12. The minimum absolute atomic E-state index is 0.0759. The van der Waals surface area contributed by atoms with Gasteiger partial charge in [-0.1, -0.05) is 24.3 Å². The molecule has 7 nitrogen and oxygen atoms in total. The van der Waals surface area contributed by atoms with Crippen molar-refractivity contribution >= 4 is 17.5 Å². The number of aromatic nitrogens is 3.